The molecular weight excluding hydrogens is 262 g/mol. The number of benzene rings is 1. The van der Waals surface area contributed by atoms with Crippen molar-refractivity contribution in [3.63, 3.8) is 0 Å². The van der Waals surface area contributed by atoms with Crippen LogP contribution in [-0.2, 0) is 12.8 Å². The van der Waals surface area contributed by atoms with Crippen LogP contribution in [0, 0.1) is 0 Å². The molecule has 4 rings (SSSR count). The molecule has 1 aromatic carbocycles. The minimum Gasteiger partial charge on any atom is -0.358 e. The Morgan fingerprint density at radius 2 is 1.90 bits per heavy atom. The van der Waals surface area contributed by atoms with Gasteiger partial charge in [0.1, 0.15) is 0 Å². The molecule has 4 heteroatoms. The van der Waals surface area contributed by atoms with Crippen molar-refractivity contribution >= 4 is 16.8 Å². The Hall–Kier alpha value is -1.81. The molecule has 4 nitrogen and oxygen atoms in total. The zero-order valence-electron chi connectivity index (χ0n) is 12.2. The van der Waals surface area contributed by atoms with E-state index in [-0.39, 0.29) is 5.91 Å². The van der Waals surface area contributed by atoms with Crippen LogP contribution in [0.1, 0.15) is 34.5 Å². The van der Waals surface area contributed by atoms with Gasteiger partial charge < -0.3 is 15.2 Å². The van der Waals surface area contributed by atoms with Crippen molar-refractivity contribution in [3.05, 3.63) is 35.0 Å². The second-order valence-corrected chi connectivity index (χ2v) is 6.09. The number of aryl methyl sites for hydroxylation is 2. The number of aromatic amines is 1. The number of carbonyl (C=O) groups excluding carboxylic acids is 1. The first kappa shape index (κ1) is 12.9. The van der Waals surface area contributed by atoms with E-state index in [0.717, 1.165) is 44.6 Å². The van der Waals surface area contributed by atoms with E-state index in [9.17, 15) is 4.79 Å². The summed E-state index contributed by atoms with van der Waals surface area (Å²) < 4.78 is 0. The molecule has 0 saturated carbocycles. The first-order valence-corrected chi connectivity index (χ1v) is 7.96. The molecule has 110 valence electrons. The van der Waals surface area contributed by atoms with E-state index >= 15 is 0 Å². The third kappa shape index (κ3) is 2.23. The van der Waals surface area contributed by atoms with Crippen LogP contribution in [-0.4, -0.2) is 42.0 Å². The summed E-state index contributed by atoms with van der Waals surface area (Å²) in [6.45, 7) is 3.41. The molecule has 0 unspecified atom stereocenters. The largest absolute Gasteiger partial charge is 0.358 e. The van der Waals surface area contributed by atoms with Crippen molar-refractivity contribution in [2.45, 2.75) is 25.7 Å². The number of amides is 1. The molecule has 1 fully saturated rings. The molecule has 1 aliphatic carbocycles. The number of aromatic nitrogens is 1. The van der Waals surface area contributed by atoms with Gasteiger partial charge in [-0.1, -0.05) is 0 Å². The summed E-state index contributed by atoms with van der Waals surface area (Å²) in [7, 11) is 0. The third-order valence-corrected chi connectivity index (χ3v) is 4.75. The number of fused-ring (bicyclic) bond motifs is 3. The van der Waals surface area contributed by atoms with Crippen LogP contribution in [0.25, 0.3) is 10.9 Å². The maximum atomic E-state index is 12.6. The van der Waals surface area contributed by atoms with Gasteiger partial charge >= 0.3 is 0 Å². The van der Waals surface area contributed by atoms with Crippen LogP contribution in [0.5, 0.6) is 0 Å². The first-order valence-electron chi connectivity index (χ1n) is 7.96. The Kier molecular flexibility index (Phi) is 3.19. The van der Waals surface area contributed by atoms with Crippen LogP contribution in [0.4, 0.5) is 0 Å². The molecule has 2 N–H and O–H groups in total. The third-order valence-electron chi connectivity index (χ3n) is 4.75. The SMILES string of the molecule is O=C(c1ccc2[nH]c3c(c2c1)CCCC3)N1CCNCC1. The predicted octanol–water partition coefficient (Wildman–Crippen LogP) is 2.09. The molecule has 2 aromatic rings. The highest BCUT2D eigenvalue weighted by molar-refractivity contribution is 5.99. The fourth-order valence-electron chi connectivity index (χ4n) is 3.59. The van der Waals surface area contributed by atoms with E-state index in [2.05, 4.69) is 22.4 Å². The van der Waals surface area contributed by atoms with Crippen LogP contribution in [0.15, 0.2) is 18.2 Å². The zero-order chi connectivity index (χ0) is 14.2. The quantitative estimate of drug-likeness (QED) is 0.842. The summed E-state index contributed by atoms with van der Waals surface area (Å²) in [6, 6.07) is 6.14. The molecule has 0 bridgehead atoms. The van der Waals surface area contributed by atoms with Crippen LogP contribution in [0.3, 0.4) is 0 Å². The summed E-state index contributed by atoms with van der Waals surface area (Å²) in [5, 5.41) is 4.54. The van der Waals surface area contributed by atoms with Crippen LogP contribution >= 0.6 is 0 Å². The van der Waals surface area contributed by atoms with E-state index in [1.165, 1.54) is 35.0 Å². The van der Waals surface area contributed by atoms with Gasteiger partial charge in [0.2, 0.25) is 0 Å². The zero-order valence-corrected chi connectivity index (χ0v) is 12.2. The van der Waals surface area contributed by atoms with Crippen molar-refractivity contribution in [3.8, 4) is 0 Å². The van der Waals surface area contributed by atoms with Crippen LogP contribution < -0.4 is 5.32 Å². The molecule has 2 aliphatic rings. The van der Waals surface area contributed by atoms with Crippen molar-refractivity contribution in [2.75, 3.05) is 26.2 Å². The molecule has 1 aliphatic heterocycles. The molecule has 2 heterocycles. The number of nitrogens with zero attached hydrogens (tertiary/aromatic N) is 1. The summed E-state index contributed by atoms with van der Waals surface area (Å²) in [4.78, 5) is 18.1. The van der Waals surface area contributed by atoms with Crippen molar-refractivity contribution < 1.29 is 4.79 Å². The smallest absolute Gasteiger partial charge is 0.253 e. The Morgan fingerprint density at radius 3 is 2.76 bits per heavy atom. The normalized spacial score (nSPS) is 18.8. The number of nitrogens with one attached hydrogen (secondary N) is 2. The average Bonchev–Trinajstić information content (AvgIpc) is 2.93. The fraction of sp³-hybridized carbons (Fsp3) is 0.471. The summed E-state index contributed by atoms with van der Waals surface area (Å²) >= 11 is 0. The van der Waals surface area contributed by atoms with Crippen LogP contribution in [0.2, 0.25) is 0 Å². The van der Waals surface area contributed by atoms with E-state index in [0.29, 0.717) is 0 Å². The second kappa shape index (κ2) is 5.19. The molecular formula is C17H21N3O. The number of hydrogen-bond donors (Lipinski definition) is 2. The monoisotopic (exact) mass is 283 g/mol. The summed E-state index contributed by atoms with van der Waals surface area (Å²) in [5.74, 6) is 0.171. The van der Waals surface area contributed by atoms with Gasteiger partial charge in [0.15, 0.2) is 0 Å². The second-order valence-electron chi connectivity index (χ2n) is 6.09. The van der Waals surface area contributed by atoms with Gasteiger partial charge in [0, 0.05) is 48.3 Å². The standard InChI is InChI=1S/C17H21N3O/c21-17(20-9-7-18-8-10-20)12-5-6-16-14(11-12)13-3-1-2-4-15(13)19-16/h5-6,11,18-19H,1-4,7-10H2. The lowest BCUT2D eigenvalue weighted by Gasteiger charge is -2.27. The molecule has 0 atom stereocenters. The van der Waals surface area contributed by atoms with E-state index in [4.69, 9.17) is 0 Å². The minimum absolute atomic E-state index is 0.171. The van der Waals surface area contributed by atoms with Crippen molar-refractivity contribution in [1.29, 1.82) is 0 Å². The minimum atomic E-state index is 0.171. The van der Waals surface area contributed by atoms with Crippen molar-refractivity contribution in [1.82, 2.24) is 15.2 Å². The molecule has 1 aromatic heterocycles. The Labute approximate surface area is 124 Å². The lowest BCUT2D eigenvalue weighted by molar-refractivity contribution is 0.0736. The highest BCUT2D eigenvalue weighted by Crippen LogP contribution is 2.29. The van der Waals surface area contributed by atoms with Gasteiger partial charge in [-0.3, -0.25) is 4.79 Å². The highest BCUT2D eigenvalue weighted by atomic mass is 16.2. The maximum Gasteiger partial charge on any atom is 0.253 e. The van der Waals surface area contributed by atoms with Crippen molar-refractivity contribution in [2.24, 2.45) is 0 Å². The number of H-pyrrole nitrogens is 1. The van der Waals surface area contributed by atoms with Gasteiger partial charge in [-0.15, -0.1) is 0 Å². The van der Waals surface area contributed by atoms with Gasteiger partial charge in [0.05, 0.1) is 0 Å². The first-order chi connectivity index (χ1) is 10.3. The van der Waals surface area contributed by atoms with Gasteiger partial charge in [0.25, 0.3) is 5.91 Å². The van der Waals surface area contributed by atoms with Gasteiger partial charge in [-0.2, -0.15) is 0 Å². The molecule has 21 heavy (non-hydrogen) atoms. The number of carbonyl (C=O) groups is 1. The Balaban J connectivity index is 1.71. The topological polar surface area (TPSA) is 48.1 Å². The fourth-order valence-corrected chi connectivity index (χ4v) is 3.59. The highest BCUT2D eigenvalue weighted by Gasteiger charge is 2.20. The Morgan fingerprint density at radius 1 is 1.10 bits per heavy atom. The molecule has 0 radical (unpaired) electrons. The van der Waals surface area contributed by atoms with E-state index in [1.807, 2.05) is 11.0 Å². The van der Waals surface area contributed by atoms with E-state index in [1.54, 1.807) is 0 Å². The number of rotatable bonds is 1. The molecule has 0 spiro atoms. The lowest BCUT2D eigenvalue weighted by atomic mass is 9.95. The lowest BCUT2D eigenvalue weighted by Crippen LogP contribution is -2.46. The van der Waals surface area contributed by atoms with Gasteiger partial charge in [-0.05, 0) is 49.4 Å². The average molecular weight is 283 g/mol. The number of hydrogen-bond acceptors (Lipinski definition) is 2. The predicted molar refractivity (Wildman–Crippen MR) is 83.7 cm³/mol. The summed E-state index contributed by atoms with van der Waals surface area (Å²) in [5.41, 5.74) is 4.82. The molecule has 1 saturated heterocycles. The Bertz CT molecular complexity index is 683. The maximum absolute atomic E-state index is 12.6. The van der Waals surface area contributed by atoms with Gasteiger partial charge in [-0.25, -0.2) is 0 Å². The summed E-state index contributed by atoms with van der Waals surface area (Å²) in [6.07, 6.45) is 4.81. The molecule has 1 amide bonds. The van der Waals surface area contributed by atoms with E-state index < -0.39 is 0 Å². The number of piperazine rings is 1.